The van der Waals surface area contributed by atoms with E-state index in [1.54, 1.807) is 0 Å². The van der Waals surface area contributed by atoms with E-state index in [4.69, 9.17) is 21.7 Å². The molecule has 0 radical (unpaired) electrons. The van der Waals surface area contributed by atoms with Crippen LogP contribution in [0, 0.1) is 0 Å². The molecule has 1 heterocycles. The quantitative estimate of drug-likeness (QED) is 0.0950. The van der Waals surface area contributed by atoms with Crippen LogP contribution in [-0.4, -0.2) is 91.0 Å². The maximum absolute atomic E-state index is 12.9. The van der Waals surface area contributed by atoms with Crippen LogP contribution < -0.4 is 27.4 Å². The van der Waals surface area contributed by atoms with Crippen molar-refractivity contribution in [2.24, 2.45) is 11.5 Å². The molecule has 0 saturated carbocycles. The molecule has 1 aromatic heterocycles. The maximum atomic E-state index is 12.9. The molecule has 0 aromatic carbocycles. The Kier molecular flexibility index (Phi) is 12.2. The molecule has 204 valence electrons. The Balaban J connectivity index is 3.05. The Labute approximate surface area is 209 Å². The Bertz CT molecular complexity index is 998. The number of rotatable bonds is 17. The minimum atomic E-state index is -1.69. The number of aromatic nitrogens is 2. The highest BCUT2D eigenvalue weighted by Gasteiger charge is 2.32. The summed E-state index contributed by atoms with van der Waals surface area (Å²) in [5.74, 6) is -8.06. The van der Waals surface area contributed by atoms with Gasteiger partial charge in [-0.1, -0.05) is 0 Å². The Morgan fingerprint density at radius 1 is 0.838 bits per heavy atom. The number of nitrogens with zero attached hydrogens (tertiary/aromatic N) is 1. The first-order valence-corrected chi connectivity index (χ1v) is 10.9. The minimum Gasteiger partial charge on any atom is -0.481 e. The van der Waals surface area contributed by atoms with Crippen LogP contribution >= 0.6 is 0 Å². The topological polar surface area (TPSA) is 297 Å². The third-order valence-corrected chi connectivity index (χ3v) is 4.92. The van der Waals surface area contributed by atoms with Crippen molar-refractivity contribution < 1.29 is 48.9 Å². The molecule has 0 aliphatic heterocycles. The molecule has 37 heavy (non-hydrogen) atoms. The van der Waals surface area contributed by atoms with Gasteiger partial charge in [0.15, 0.2) is 0 Å². The number of primary amides is 1. The summed E-state index contributed by atoms with van der Waals surface area (Å²) in [6, 6.07) is -6.05. The molecule has 0 spiro atoms. The summed E-state index contributed by atoms with van der Waals surface area (Å²) in [5.41, 5.74) is 11.0. The van der Waals surface area contributed by atoms with Gasteiger partial charge in [-0.25, -0.2) is 9.78 Å². The maximum Gasteiger partial charge on any atom is 0.326 e. The minimum absolute atomic E-state index is 0.166. The lowest BCUT2D eigenvalue weighted by molar-refractivity contribution is -0.144. The normalized spacial score (nSPS) is 13.9. The second kappa shape index (κ2) is 14.8. The van der Waals surface area contributed by atoms with Gasteiger partial charge in [0, 0.05) is 31.2 Å². The number of carbonyl (C=O) groups is 7. The van der Waals surface area contributed by atoms with Crippen LogP contribution in [-0.2, 0) is 40.0 Å². The van der Waals surface area contributed by atoms with E-state index in [9.17, 15) is 38.7 Å². The molecule has 0 aliphatic rings. The number of aliphatic carboxylic acids is 3. The molecule has 4 unspecified atom stereocenters. The van der Waals surface area contributed by atoms with Gasteiger partial charge in [0.1, 0.15) is 18.1 Å². The summed E-state index contributed by atoms with van der Waals surface area (Å²) in [5, 5.41) is 33.8. The van der Waals surface area contributed by atoms with Gasteiger partial charge in [-0.2, -0.15) is 0 Å². The van der Waals surface area contributed by atoms with Crippen molar-refractivity contribution in [3.8, 4) is 0 Å². The van der Waals surface area contributed by atoms with Crippen molar-refractivity contribution in [2.75, 3.05) is 0 Å². The number of carbonyl (C=O) groups excluding carboxylic acids is 4. The van der Waals surface area contributed by atoms with Gasteiger partial charge in [0.05, 0.1) is 18.8 Å². The number of imidazole rings is 1. The molecule has 0 saturated heterocycles. The second-order valence-electron chi connectivity index (χ2n) is 7.94. The van der Waals surface area contributed by atoms with Gasteiger partial charge >= 0.3 is 17.9 Å². The van der Waals surface area contributed by atoms with E-state index in [1.807, 2.05) is 0 Å². The van der Waals surface area contributed by atoms with E-state index in [0.717, 1.165) is 0 Å². The number of H-pyrrole nitrogens is 1. The highest BCUT2D eigenvalue weighted by molar-refractivity contribution is 5.95. The van der Waals surface area contributed by atoms with Gasteiger partial charge in [-0.15, -0.1) is 0 Å². The molecule has 1 rings (SSSR count). The van der Waals surface area contributed by atoms with Crippen LogP contribution in [0.3, 0.4) is 0 Å². The lowest BCUT2D eigenvalue weighted by Crippen LogP contribution is -2.58. The monoisotopic (exact) mass is 527 g/mol. The van der Waals surface area contributed by atoms with Crippen LogP contribution in [0.2, 0.25) is 0 Å². The first-order valence-electron chi connectivity index (χ1n) is 10.9. The fourth-order valence-corrected chi connectivity index (χ4v) is 2.99. The Hall–Kier alpha value is -4.54. The predicted molar refractivity (Wildman–Crippen MR) is 121 cm³/mol. The van der Waals surface area contributed by atoms with Crippen LogP contribution in [0.1, 0.15) is 37.8 Å². The molecule has 17 heteroatoms. The van der Waals surface area contributed by atoms with Crippen molar-refractivity contribution >= 4 is 41.5 Å². The van der Waals surface area contributed by atoms with Crippen LogP contribution in [0.4, 0.5) is 0 Å². The van der Waals surface area contributed by atoms with E-state index in [1.165, 1.54) is 12.5 Å². The first kappa shape index (κ1) is 30.5. The number of amides is 4. The average molecular weight is 527 g/mol. The van der Waals surface area contributed by atoms with Crippen molar-refractivity contribution in [2.45, 2.75) is 62.7 Å². The third kappa shape index (κ3) is 11.6. The lowest BCUT2D eigenvalue weighted by Gasteiger charge is -2.24. The van der Waals surface area contributed by atoms with Gasteiger partial charge in [-0.3, -0.25) is 28.8 Å². The summed E-state index contributed by atoms with van der Waals surface area (Å²) in [7, 11) is 0. The van der Waals surface area contributed by atoms with Gasteiger partial charge < -0.3 is 47.7 Å². The number of hydrogen-bond donors (Lipinski definition) is 9. The van der Waals surface area contributed by atoms with E-state index in [2.05, 4.69) is 25.9 Å². The number of carboxylic acids is 3. The van der Waals surface area contributed by atoms with E-state index in [0.29, 0.717) is 5.69 Å². The van der Waals surface area contributed by atoms with Crippen LogP contribution in [0.25, 0.3) is 0 Å². The van der Waals surface area contributed by atoms with Gasteiger partial charge in [-0.05, 0) is 12.8 Å². The zero-order valence-electron chi connectivity index (χ0n) is 19.5. The zero-order chi connectivity index (χ0) is 28.1. The molecular weight excluding hydrogens is 498 g/mol. The molecule has 0 fully saturated rings. The molecule has 0 aliphatic carbocycles. The number of nitrogens with one attached hydrogen (secondary N) is 4. The summed E-state index contributed by atoms with van der Waals surface area (Å²) < 4.78 is 0. The number of nitrogens with two attached hydrogens (primary N) is 2. The number of carboxylic acid groups (broad SMARTS) is 3. The lowest BCUT2D eigenvalue weighted by atomic mass is 10.1. The van der Waals surface area contributed by atoms with Crippen molar-refractivity contribution in [3.63, 3.8) is 0 Å². The summed E-state index contributed by atoms with van der Waals surface area (Å²) in [6.45, 7) is 0. The summed E-state index contributed by atoms with van der Waals surface area (Å²) in [6.07, 6.45) is 0.0622. The molecule has 4 atom stereocenters. The molecule has 11 N–H and O–H groups in total. The fourth-order valence-electron chi connectivity index (χ4n) is 2.99. The largest absolute Gasteiger partial charge is 0.481 e. The smallest absolute Gasteiger partial charge is 0.326 e. The van der Waals surface area contributed by atoms with Crippen molar-refractivity contribution in [1.82, 2.24) is 25.9 Å². The standard InChI is InChI=1S/C20H29N7O10/c21-10(1-3-14(22)28)17(33)26-13(6-16(31)32)19(35)27-12(5-9-7-23-8-24-9)18(34)25-11(20(36)37)2-4-15(29)30/h7-8,10-13H,1-6,21H2,(H2,22,28)(H,23,24)(H,25,34)(H,26,33)(H,27,35)(H,29,30)(H,31,32)(H,36,37). The van der Waals surface area contributed by atoms with Gasteiger partial charge in [0.2, 0.25) is 23.6 Å². The van der Waals surface area contributed by atoms with Gasteiger partial charge in [0.25, 0.3) is 0 Å². The predicted octanol–water partition coefficient (Wildman–Crippen LogP) is -3.58. The van der Waals surface area contributed by atoms with Crippen molar-refractivity contribution in [1.29, 1.82) is 0 Å². The molecule has 0 bridgehead atoms. The average Bonchev–Trinajstić information content (AvgIpc) is 3.31. The van der Waals surface area contributed by atoms with E-state index in [-0.39, 0.29) is 19.3 Å². The van der Waals surface area contributed by atoms with Crippen LogP contribution in [0.15, 0.2) is 12.5 Å². The fraction of sp³-hybridized carbons (Fsp3) is 0.500. The summed E-state index contributed by atoms with van der Waals surface area (Å²) in [4.78, 5) is 88.9. The molecule has 17 nitrogen and oxygen atoms in total. The Morgan fingerprint density at radius 3 is 1.95 bits per heavy atom. The zero-order valence-corrected chi connectivity index (χ0v) is 19.5. The highest BCUT2D eigenvalue weighted by atomic mass is 16.4. The molecule has 4 amide bonds. The van der Waals surface area contributed by atoms with E-state index < -0.39 is 85.0 Å². The third-order valence-electron chi connectivity index (χ3n) is 4.92. The number of aromatic amines is 1. The summed E-state index contributed by atoms with van der Waals surface area (Å²) >= 11 is 0. The molecule has 1 aromatic rings. The molecular formula is C20H29N7O10. The SMILES string of the molecule is NC(=O)CCC(N)C(=O)NC(CC(=O)O)C(=O)NC(Cc1cnc[nH]1)C(=O)NC(CCC(=O)O)C(=O)O. The van der Waals surface area contributed by atoms with Crippen LogP contribution in [0.5, 0.6) is 0 Å². The number of hydrogen-bond acceptors (Lipinski definition) is 9. The first-order chi connectivity index (χ1) is 17.3. The Morgan fingerprint density at radius 2 is 1.43 bits per heavy atom. The highest BCUT2D eigenvalue weighted by Crippen LogP contribution is 2.05. The second-order valence-corrected chi connectivity index (χ2v) is 7.94. The van der Waals surface area contributed by atoms with E-state index >= 15 is 0 Å². The van der Waals surface area contributed by atoms with Crippen molar-refractivity contribution in [3.05, 3.63) is 18.2 Å².